The molecule has 0 amide bonds. The van der Waals surface area contributed by atoms with E-state index in [1.54, 1.807) is 30.3 Å². The van der Waals surface area contributed by atoms with Crippen LogP contribution in [0.25, 0.3) is 0 Å². The Morgan fingerprint density at radius 1 is 0.578 bits per heavy atom. The van der Waals surface area contributed by atoms with Crippen molar-refractivity contribution in [1.82, 2.24) is 0 Å². The molecule has 2 aliphatic carbocycles. The van der Waals surface area contributed by atoms with Crippen LogP contribution in [0.3, 0.4) is 0 Å². The first-order valence-electron chi connectivity index (χ1n) is 14.2. The van der Waals surface area contributed by atoms with Gasteiger partial charge in [-0.25, -0.2) is 0 Å². The molecule has 8 nitrogen and oxygen atoms in total. The van der Waals surface area contributed by atoms with Gasteiger partial charge >= 0.3 is 261 Å². The summed E-state index contributed by atoms with van der Waals surface area (Å²) in [5.74, 6) is -24.0. The molecule has 0 aromatic heterocycles. The molecule has 45 heavy (non-hydrogen) atoms. The summed E-state index contributed by atoms with van der Waals surface area (Å²) in [7, 11) is 0. The van der Waals surface area contributed by atoms with Crippen LogP contribution in [0.4, 0.5) is 35.1 Å². The van der Waals surface area contributed by atoms with E-state index in [0.717, 1.165) is 0 Å². The van der Waals surface area contributed by atoms with Crippen molar-refractivity contribution in [1.29, 1.82) is 0 Å². The van der Waals surface area contributed by atoms with Gasteiger partial charge in [-0.1, -0.05) is 0 Å². The van der Waals surface area contributed by atoms with Gasteiger partial charge in [0.25, 0.3) is 0 Å². The molecular formula is C28H31F8IO8. The van der Waals surface area contributed by atoms with Gasteiger partial charge in [0.15, 0.2) is 0 Å². The number of hydrogen-bond donors (Lipinski definition) is 0. The van der Waals surface area contributed by atoms with Crippen LogP contribution < -0.4 is 0 Å². The Morgan fingerprint density at radius 2 is 0.889 bits per heavy atom. The van der Waals surface area contributed by atoms with Crippen molar-refractivity contribution >= 4 is 32.6 Å². The predicted molar refractivity (Wildman–Crippen MR) is 144 cm³/mol. The van der Waals surface area contributed by atoms with Gasteiger partial charge in [0.05, 0.1) is 0 Å². The van der Waals surface area contributed by atoms with Crippen LogP contribution in [0.5, 0.6) is 0 Å². The quantitative estimate of drug-likeness (QED) is 0.242. The molecule has 4 aliphatic rings. The zero-order valence-electron chi connectivity index (χ0n) is 23.7. The SMILES string of the molecule is O=C(OI(OC(=O)C1CCC2(CC1)OCC(F)(F)C(F)(F)CO2)c1ccccc1)C1CCC2(CC1)OCC(F)(F)C(F)(F)CO2. The van der Waals surface area contributed by atoms with Crippen molar-refractivity contribution in [2.75, 3.05) is 26.4 Å². The summed E-state index contributed by atoms with van der Waals surface area (Å²) >= 11 is -3.46. The summed E-state index contributed by atoms with van der Waals surface area (Å²) in [6.45, 7) is -6.13. The van der Waals surface area contributed by atoms with Crippen LogP contribution in [-0.4, -0.2) is 73.6 Å². The van der Waals surface area contributed by atoms with Gasteiger partial charge in [0.1, 0.15) is 0 Å². The molecule has 2 saturated heterocycles. The standard InChI is InChI=1S/C28H31F8IO8/c29-25(30)14-40-23(41-15-26(25,31)32)10-6-18(7-11-23)21(38)44-37(20-4-2-1-3-5-20)45-22(39)19-8-12-24(13-9-19)42-16-27(33,34)28(35,36)17-43-24/h1-5,18-19H,6-17H2. The molecule has 0 bridgehead atoms. The number of rotatable bonds is 5. The van der Waals surface area contributed by atoms with Crippen molar-refractivity contribution in [2.45, 2.75) is 86.6 Å². The molecule has 2 spiro atoms. The summed E-state index contributed by atoms with van der Waals surface area (Å²) in [4.78, 5) is 26.3. The van der Waals surface area contributed by atoms with Gasteiger partial charge in [-0.15, -0.1) is 0 Å². The summed E-state index contributed by atoms with van der Waals surface area (Å²) in [6, 6.07) is 8.21. The zero-order chi connectivity index (χ0) is 32.7. The first-order chi connectivity index (χ1) is 21.0. The van der Waals surface area contributed by atoms with Crippen LogP contribution >= 0.6 is 20.6 Å². The Morgan fingerprint density at radius 3 is 1.20 bits per heavy atom. The van der Waals surface area contributed by atoms with Crippen LogP contribution in [-0.2, 0) is 34.7 Å². The van der Waals surface area contributed by atoms with E-state index in [2.05, 4.69) is 0 Å². The number of carbonyl (C=O) groups is 2. The second-order valence-corrected chi connectivity index (χ2v) is 15.0. The second-order valence-electron chi connectivity index (χ2n) is 11.6. The van der Waals surface area contributed by atoms with Gasteiger partial charge in [-0.3, -0.25) is 0 Å². The maximum atomic E-state index is 13.8. The average molecular weight is 774 g/mol. The van der Waals surface area contributed by atoms with E-state index >= 15 is 0 Å². The fraction of sp³-hybridized carbons (Fsp3) is 0.714. The molecule has 1 aromatic carbocycles. The number of hydrogen-bond acceptors (Lipinski definition) is 8. The molecule has 17 heteroatoms. The Hall–Kier alpha value is -1.83. The molecule has 2 saturated carbocycles. The molecule has 0 unspecified atom stereocenters. The topological polar surface area (TPSA) is 89.5 Å². The van der Waals surface area contributed by atoms with Crippen molar-refractivity contribution < 1.29 is 69.8 Å². The Bertz CT molecular complexity index is 1110. The molecule has 2 aliphatic heterocycles. The number of alkyl halides is 8. The minimum absolute atomic E-state index is 0.0193. The van der Waals surface area contributed by atoms with Gasteiger partial charge in [-0.2, -0.15) is 0 Å². The fourth-order valence-electron chi connectivity index (χ4n) is 5.44. The maximum absolute atomic E-state index is 13.8. The van der Waals surface area contributed by atoms with E-state index in [-0.39, 0.29) is 51.4 Å². The normalized spacial score (nSPS) is 28.8. The zero-order valence-corrected chi connectivity index (χ0v) is 25.9. The van der Waals surface area contributed by atoms with Gasteiger partial charge in [-0.05, 0) is 0 Å². The van der Waals surface area contributed by atoms with Crippen LogP contribution in [0.1, 0.15) is 51.4 Å². The van der Waals surface area contributed by atoms with E-state index in [4.69, 9.17) is 25.1 Å². The van der Waals surface area contributed by atoms with Crippen molar-refractivity contribution in [3.8, 4) is 0 Å². The molecule has 254 valence electrons. The molecule has 0 N–H and O–H groups in total. The molecule has 1 aromatic rings. The van der Waals surface area contributed by atoms with E-state index in [0.29, 0.717) is 3.57 Å². The number of carbonyl (C=O) groups excluding carboxylic acids is 2. The fourth-order valence-corrected chi connectivity index (χ4v) is 8.55. The third-order valence-corrected chi connectivity index (χ3v) is 11.9. The molecule has 5 rings (SSSR count). The summed E-state index contributed by atoms with van der Waals surface area (Å²) in [5, 5.41) is 0. The number of benzene rings is 1. The molecule has 0 radical (unpaired) electrons. The molecule has 4 fully saturated rings. The Balaban J connectivity index is 1.18. The number of halogens is 9. The molecule has 2 heterocycles. The van der Waals surface area contributed by atoms with Gasteiger partial charge in [0.2, 0.25) is 0 Å². The third kappa shape index (κ3) is 7.36. The summed E-state index contributed by atoms with van der Waals surface area (Å²) < 4.78 is 142. The summed E-state index contributed by atoms with van der Waals surface area (Å²) in [5.41, 5.74) is 0. The summed E-state index contributed by atoms with van der Waals surface area (Å²) in [6.07, 6.45) is -0.406. The minimum atomic E-state index is -4.41. The molecular weight excluding hydrogens is 743 g/mol. The van der Waals surface area contributed by atoms with Crippen LogP contribution in [0, 0.1) is 15.4 Å². The Labute approximate surface area is 260 Å². The van der Waals surface area contributed by atoms with Gasteiger partial charge in [0, 0.05) is 0 Å². The first-order valence-corrected chi connectivity index (χ1v) is 17.1. The van der Waals surface area contributed by atoms with Crippen LogP contribution in [0.15, 0.2) is 30.3 Å². The van der Waals surface area contributed by atoms with Crippen LogP contribution in [0.2, 0.25) is 0 Å². The van der Waals surface area contributed by atoms with E-state index in [1.165, 1.54) is 0 Å². The third-order valence-electron chi connectivity index (χ3n) is 8.50. The van der Waals surface area contributed by atoms with E-state index in [1.807, 2.05) is 0 Å². The van der Waals surface area contributed by atoms with E-state index < -0.39 is 106 Å². The van der Waals surface area contributed by atoms with E-state index in [9.17, 15) is 44.7 Å². The number of ether oxygens (including phenoxy) is 4. The van der Waals surface area contributed by atoms with Crippen molar-refractivity contribution in [3.05, 3.63) is 33.9 Å². The van der Waals surface area contributed by atoms with Crippen molar-refractivity contribution in [3.63, 3.8) is 0 Å². The van der Waals surface area contributed by atoms with Crippen molar-refractivity contribution in [2.24, 2.45) is 11.8 Å². The monoisotopic (exact) mass is 774 g/mol. The average Bonchev–Trinajstić information content (AvgIpc) is 3.15. The predicted octanol–water partition coefficient (Wildman–Crippen LogP) is 6.69. The first kappa shape index (κ1) is 34.5. The Kier molecular flexibility index (Phi) is 9.70. The van der Waals surface area contributed by atoms with Gasteiger partial charge < -0.3 is 0 Å². The second kappa shape index (κ2) is 12.6. The molecule has 0 atom stereocenters.